The first-order valence-corrected chi connectivity index (χ1v) is 5.86. The first kappa shape index (κ1) is 11.2. The van der Waals surface area contributed by atoms with Crippen LogP contribution in [0.2, 0.25) is 5.02 Å². The zero-order valence-electron chi connectivity index (χ0n) is 9.70. The predicted octanol–water partition coefficient (Wildman–Crippen LogP) is 2.66. The highest BCUT2D eigenvalue weighted by Gasteiger charge is 2.23. The molecule has 0 atom stereocenters. The van der Waals surface area contributed by atoms with Crippen LogP contribution in [0.15, 0.2) is 16.7 Å². The highest BCUT2D eigenvalue weighted by atomic mass is 35.5. The van der Waals surface area contributed by atoms with Gasteiger partial charge in [-0.05, 0) is 18.6 Å². The van der Waals surface area contributed by atoms with E-state index in [1.807, 2.05) is 13.0 Å². The Labute approximate surface area is 108 Å². The Morgan fingerprint density at radius 2 is 2.06 bits per heavy atom. The third kappa shape index (κ3) is 1.67. The molecule has 94 valence electrons. The molecule has 3 rings (SSSR count). The molecule has 18 heavy (non-hydrogen) atoms. The molecule has 6 heteroatoms. The van der Waals surface area contributed by atoms with E-state index in [1.54, 1.807) is 6.07 Å². The minimum Gasteiger partial charge on any atom is -0.486 e. The molecular formula is C12H11ClN2O3. The third-order valence-corrected chi connectivity index (χ3v) is 3.11. The number of fused-ring (bicyclic) bond motifs is 1. The fourth-order valence-electron chi connectivity index (χ4n) is 1.98. The minimum absolute atomic E-state index is 0.315. The number of rotatable bonds is 1. The predicted molar refractivity (Wildman–Crippen MR) is 67.1 cm³/mol. The Bertz CT molecular complexity index is 610. The van der Waals surface area contributed by atoms with Crippen molar-refractivity contribution in [1.29, 1.82) is 0 Å². The number of halogens is 1. The van der Waals surface area contributed by atoms with Gasteiger partial charge in [-0.2, -0.15) is 0 Å². The number of nitrogens with two attached hydrogens (primary N) is 1. The summed E-state index contributed by atoms with van der Waals surface area (Å²) in [4.78, 5) is 0. The van der Waals surface area contributed by atoms with Crippen molar-refractivity contribution in [2.24, 2.45) is 0 Å². The van der Waals surface area contributed by atoms with Crippen LogP contribution >= 0.6 is 11.6 Å². The van der Waals surface area contributed by atoms with Gasteiger partial charge >= 0.3 is 0 Å². The Balaban J connectivity index is 2.20. The maximum absolute atomic E-state index is 6.34. The van der Waals surface area contributed by atoms with E-state index in [0.29, 0.717) is 41.3 Å². The molecule has 1 aliphatic rings. The van der Waals surface area contributed by atoms with Gasteiger partial charge in [0.05, 0.1) is 5.02 Å². The van der Waals surface area contributed by atoms with Crippen LogP contribution in [0.4, 0.5) is 5.82 Å². The van der Waals surface area contributed by atoms with Gasteiger partial charge in [0.2, 0.25) is 0 Å². The summed E-state index contributed by atoms with van der Waals surface area (Å²) in [5.74, 6) is 2.03. The van der Waals surface area contributed by atoms with E-state index < -0.39 is 0 Å². The van der Waals surface area contributed by atoms with Gasteiger partial charge in [0.15, 0.2) is 23.1 Å². The molecule has 1 aliphatic heterocycles. The maximum atomic E-state index is 6.34. The second-order valence-electron chi connectivity index (χ2n) is 4.02. The Morgan fingerprint density at radius 3 is 2.78 bits per heavy atom. The van der Waals surface area contributed by atoms with Crippen molar-refractivity contribution >= 4 is 17.4 Å². The second kappa shape index (κ2) is 4.10. The van der Waals surface area contributed by atoms with E-state index in [4.69, 9.17) is 31.3 Å². The van der Waals surface area contributed by atoms with Gasteiger partial charge in [-0.1, -0.05) is 16.8 Å². The van der Waals surface area contributed by atoms with Gasteiger partial charge in [-0.15, -0.1) is 0 Å². The van der Waals surface area contributed by atoms with Crippen LogP contribution in [0, 0.1) is 6.92 Å². The van der Waals surface area contributed by atoms with E-state index in [1.165, 1.54) is 0 Å². The number of hydrogen-bond donors (Lipinski definition) is 1. The standard InChI is InChI=1S/C12H11ClN2O3/c1-6-4-8-12(17-3-2-16-8)11(13)10(6)7-5-9(14)15-18-7/h4-5H,2-3H2,1H3,(H2,14,15). The Hall–Kier alpha value is -1.88. The molecule has 0 amide bonds. The summed E-state index contributed by atoms with van der Waals surface area (Å²) in [6.07, 6.45) is 0. The molecule has 0 spiro atoms. The third-order valence-electron chi connectivity index (χ3n) is 2.75. The van der Waals surface area contributed by atoms with Crippen LogP contribution in [0.25, 0.3) is 11.3 Å². The zero-order valence-corrected chi connectivity index (χ0v) is 10.5. The van der Waals surface area contributed by atoms with Gasteiger partial charge < -0.3 is 19.7 Å². The molecule has 0 radical (unpaired) electrons. The molecule has 2 aromatic rings. The van der Waals surface area contributed by atoms with Crippen LogP contribution in [0.5, 0.6) is 11.5 Å². The topological polar surface area (TPSA) is 70.5 Å². The van der Waals surface area contributed by atoms with Gasteiger partial charge in [0.1, 0.15) is 13.2 Å². The van der Waals surface area contributed by atoms with Crippen molar-refractivity contribution in [2.75, 3.05) is 18.9 Å². The molecule has 5 nitrogen and oxygen atoms in total. The summed E-state index contributed by atoms with van der Waals surface area (Å²) in [6, 6.07) is 3.50. The lowest BCUT2D eigenvalue weighted by Crippen LogP contribution is -2.16. The monoisotopic (exact) mass is 266 g/mol. The summed E-state index contributed by atoms with van der Waals surface area (Å²) >= 11 is 6.34. The minimum atomic E-state index is 0.315. The van der Waals surface area contributed by atoms with Crippen molar-refractivity contribution in [2.45, 2.75) is 6.92 Å². The normalized spacial score (nSPS) is 13.7. The van der Waals surface area contributed by atoms with Gasteiger partial charge in [-0.3, -0.25) is 0 Å². The fourth-order valence-corrected chi connectivity index (χ4v) is 2.37. The molecule has 0 bridgehead atoms. The lowest BCUT2D eigenvalue weighted by molar-refractivity contribution is 0.171. The van der Waals surface area contributed by atoms with Gasteiger partial charge in [0.25, 0.3) is 0 Å². The number of aryl methyl sites for hydroxylation is 1. The molecule has 0 aliphatic carbocycles. The smallest absolute Gasteiger partial charge is 0.180 e. The van der Waals surface area contributed by atoms with Crippen molar-refractivity contribution in [3.05, 3.63) is 22.7 Å². The van der Waals surface area contributed by atoms with Crippen LogP contribution in [0.3, 0.4) is 0 Å². The molecule has 0 unspecified atom stereocenters. The van der Waals surface area contributed by atoms with Crippen molar-refractivity contribution in [1.82, 2.24) is 5.16 Å². The quantitative estimate of drug-likeness (QED) is 0.859. The average Bonchev–Trinajstić information content (AvgIpc) is 2.76. The summed E-state index contributed by atoms with van der Waals surface area (Å²) in [6.45, 7) is 2.92. The maximum Gasteiger partial charge on any atom is 0.180 e. The fraction of sp³-hybridized carbons (Fsp3) is 0.250. The number of ether oxygens (including phenoxy) is 2. The molecule has 0 saturated heterocycles. The van der Waals surface area contributed by atoms with Crippen LogP contribution < -0.4 is 15.2 Å². The second-order valence-corrected chi connectivity index (χ2v) is 4.40. The summed E-state index contributed by atoms with van der Waals surface area (Å²) < 4.78 is 16.2. The largest absolute Gasteiger partial charge is 0.486 e. The van der Waals surface area contributed by atoms with Gasteiger partial charge in [-0.25, -0.2) is 0 Å². The Morgan fingerprint density at radius 1 is 1.28 bits per heavy atom. The van der Waals surface area contributed by atoms with Crippen molar-refractivity contribution in [3.8, 4) is 22.8 Å². The lowest BCUT2D eigenvalue weighted by atomic mass is 10.0. The first-order valence-electron chi connectivity index (χ1n) is 5.48. The first-order chi connectivity index (χ1) is 8.66. The van der Waals surface area contributed by atoms with E-state index >= 15 is 0 Å². The van der Waals surface area contributed by atoms with Crippen molar-refractivity contribution < 1.29 is 14.0 Å². The lowest BCUT2D eigenvalue weighted by Gasteiger charge is -2.21. The van der Waals surface area contributed by atoms with Crippen LogP contribution in [0.1, 0.15) is 5.56 Å². The Kier molecular flexibility index (Phi) is 2.56. The van der Waals surface area contributed by atoms with Crippen LogP contribution in [-0.2, 0) is 0 Å². The van der Waals surface area contributed by atoms with Crippen molar-refractivity contribution in [3.63, 3.8) is 0 Å². The average molecular weight is 267 g/mol. The molecular weight excluding hydrogens is 256 g/mol. The molecule has 0 fully saturated rings. The number of hydrogen-bond acceptors (Lipinski definition) is 5. The van der Waals surface area contributed by atoms with E-state index in [-0.39, 0.29) is 0 Å². The van der Waals surface area contributed by atoms with E-state index in [2.05, 4.69) is 5.16 Å². The van der Waals surface area contributed by atoms with E-state index in [0.717, 1.165) is 11.1 Å². The summed E-state index contributed by atoms with van der Waals surface area (Å²) in [5, 5.41) is 4.12. The molecule has 1 aromatic heterocycles. The SMILES string of the molecule is Cc1cc2c(c(Cl)c1-c1cc(N)no1)OCCO2. The molecule has 2 heterocycles. The van der Waals surface area contributed by atoms with E-state index in [9.17, 15) is 0 Å². The molecule has 0 saturated carbocycles. The highest BCUT2D eigenvalue weighted by molar-refractivity contribution is 6.35. The number of nitrogens with zero attached hydrogens (tertiary/aromatic N) is 1. The summed E-state index contributed by atoms with van der Waals surface area (Å²) in [5.41, 5.74) is 7.19. The van der Waals surface area contributed by atoms with Crippen LogP contribution in [-0.4, -0.2) is 18.4 Å². The molecule has 2 N–H and O–H groups in total. The number of anilines is 1. The number of aromatic nitrogens is 1. The van der Waals surface area contributed by atoms with Gasteiger partial charge in [0, 0.05) is 11.6 Å². The highest BCUT2D eigenvalue weighted by Crippen LogP contribution is 2.45. The summed E-state index contributed by atoms with van der Waals surface area (Å²) in [7, 11) is 0. The zero-order chi connectivity index (χ0) is 12.7. The number of nitrogen functional groups attached to an aromatic ring is 1. The molecule has 1 aromatic carbocycles. The number of benzene rings is 1.